The van der Waals surface area contributed by atoms with Crippen molar-refractivity contribution < 1.29 is 14.3 Å². The van der Waals surface area contributed by atoms with E-state index in [1.165, 1.54) is 0 Å². The number of nitrogens with zero attached hydrogens (tertiary/aromatic N) is 2. The zero-order chi connectivity index (χ0) is 17.9. The topological polar surface area (TPSA) is 77.4 Å². The number of hydrogen-bond acceptors (Lipinski definition) is 4. The van der Waals surface area contributed by atoms with Gasteiger partial charge in [-0.15, -0.1) is 0 Å². The van der Waals surface area contributed by atoms with Gasteiger partial charge in [0, 0.05) is 6.20 Å². The Labute approximate surface area is 147 Å². The zero-order valence-corrected chi connectivity index (χ0v) is 14.8. The fourth-order valence-corrected chi connectivity index (χ4v) is 2.68. The molecule has 1 aliphatic heterocycles. The maximum Gasteiger partial charge on any atom is 0.319 e. The largest absolute Gasteiger partial charge is 0.348 e. The van der Waals surface area contributed by atoms with Crippen molar-refractivity contribution in [2.75, 3.05) is 25.1 Å². The second kappa shape index (κ2) is 7.25. The average Bonchev–Trinajstić information content (AvgIpc) is 3.00. The van der Waals surface area contributed by atoms with E-state index in [0.717, 1.165) is 23.2 Å². The number of carbonyl (C=O) groups is 1. The number of nitrogens with one attached hydrogen (secondary N) is 2. The molecule has 2 heterocycles. The van der Waals surface area contributed by atoms with Crippen LogP contribution >= 0.6 is 0 Å². The maximum absolute atomic E-state index is 12.3. The normalized spacial score (nSPS) is 16.4. The lowest BCUT2D eigenvalue weighted by molar-refractivity contribution is -0.250. The van der Waals surface area contributed by atoms with Gasteiger partial charge >= 0.3 is 6.03 Å². The van der Waals surface area contributed by atoms with Crippen LogP contribution in [0.3, 0.4) is 0 Å². The summed E-state index contributed by atoms with van der Waals surface area (Å²) in [4.78, 5) is 12.3. The van der Waals surface area contributed by atoms with E-state index >= 15 is 0 Å². The second-order valence-electron chi connectivity index (χ2n) is 6.47. The molecule has 1 aromatic carbocycles. The molecule has 2 amide bonds. The minimum atomic E-state index is -0.774. The van der Waals surface area contributed by atoms with Gasteiger partial charge in [0.25, 0.3) is 0 Å². The van der Waals surface area contributed by atoms with Gasteiger partial charge < -0.3 is 20.1 Å². The third-order valence-corrected chi connectivity index (χ3v) is 4.03. The number of benzene rings is 1. The fraction of sp³-hybridized carbons (Fsp3) is 0.444. The Bertz CT molecular complexity index is 751. The summed E-state index contributed by atoms with van der Waals surface area (Å²) in [7, 11) is 0. The molecule has 7 nitrogen and oxygen atoms in total. The number of anilines is 1. The Morgan fingerprint density at radius 2 is 2.04 bits per heavy atom. The Morgan fingerprint density at radius 3 is 2.72 bits per heavy atom. The number of ether oxygens (including phenoxy) is 2. The Balaban J connectivity index is 1.69. The highest BCUT2D eigenvalue weighted by Crippen LogP contribution is 2.22. The number of aryl methyl sites for hydroxylation is 2. The van der Waals surface area contributed by atoms with E-state index in [2.05, 4.69) is 15.7 Å². The van der Waals surface area contributed by atoms with Crippen LogP contribution in [-0.2, 0) is 9.47 Å². The molecule has 3 rings (SSSR count). The molecule has 25 heavy (non-hydrogen) atoms. The highest BCUT2D eigenvalue weighted by molar-refractivity contribution is 5.91. The van der Waals surface area contributed by atoms with Gasteiger partial charge in [0.2, 0.25) is 0 Å². The second-order valence-corrected chi connectivity index (χ2v) is 6.47. The van der Waals surface area contributed by atoms with Gasteiger partial charge in [0.05, 0.1) is 37.3 Å². The van der Waals surface area contributed by atoms with Crippen molar-refractivity contribution >= 4 is 11.7 Å². The lowest BCUT2D eigenvalue weighted by atomic mass is 10.2. The molecular formula is C18H24N4O3. The van der Waals surface area contributed by atoms with Gasteiger partial charge in [-0.05, 0) is 50.5 Å². The molecule has 0 unspecified atom stereocenters. The number of amides is 2. The fourth-order valence-electron chi connectivity index (χ4n) is 2.68. The first-order chi connectivity index (χ1) is 12.0. The summed E-state index contributed by atoms with van der Waals surface area (Å²) in [6, 6.07) is 5.53. The molecule has 1 saturated heterocycles. The lowest BCUT2D eigenvalue weighted by Crippen LogP contribution is -2.48. The van der Waals surface area contributed by atoms with Crippen LogP contribution in [0.2, 0.25) is 0 Å². The van der Waals surface area contributed by atoms with Crippen molar-refractivity contribution in [3.8, 4) is 5.69 Å². The Hall–Kier alpha value is -2.38. The zero-order valence-electron chi connectivity index (χ0n) is 14.8. The molecule has 0 aliphatic carbocycles. The van der Waals surface area contributed by atoms with E-state index in [9.17, 15) is 4.79 Å². The maximum atomic E-state index is 12.3. The molecule has 1 aliphatic rings. The SMILES string of the molecule is Cc1ccc(-n2cc(C)cn2)c(NC(=O)NCC2(C)OCCCO2)c1. The minimum Gasteiger partial charge on any atom is -0.348 e. The lowest BCUT2D eigenvalue weighted by Gasteiger charge is -2.33. The van der Waals surface area contributed by atoms with Crippen LogP contribution in [0.4, 0.5) is 10.5 Å². The first-order valence-electron chi connectivity index (χ1n) is 8.40. The molecule has 2 aromatic rings. The standard InChI is InChI=1S/C18H24N4O3/c1-13-5-6-16(22-11-14(2)10-20-22)15(9-13)21-17(23)19-12-18(3)24-7-4-8-25-18/h5-6,9-11H,4,7-8,12H2,1-3H3,(H2,19,21,23). The van der Waals surface area contributed by atoms with Crippen LogP contribution in [0.5, 0.6) is 0 Å². The molecule has 2 N–H and O–H groups in total. The quantitative estimate of drug-likeness (QED) is 0.894. The van der Waals surface area contributed by atoms with Gasteiger partial charge in [-0.25, -0.2) is 9.48 Å². The van der Waals surface area contributed by atoms with Gasteiger partial charge in [0.15, 0.2) is 5.79 Å². The molecule has 134 valence electrons. The predicted molar refractivity (Wildman–Crippen MR) is 95.0 cm³/mol. The summed E-state index contributed by atoms with van der Waals surface area (Å²) in [6.45, 7) is 7.34. The van der Waals surface area contributed by atoms with Gasteiger partial charge in [-0.3, -0.25) is 0 Å². The van der Waals surface area contributed by atoms with Crippen molar-refractivity contribution in [2.24, 2.45) is 0 Å². The molecular weight excluding hydrogens is 320 g/mol. The smallest absolute Gasteiger partial charge is 0.319 e. The predicted octanol–water partition coefficient (Wildman–Crippen LogP) is 2.76. The van der Waals surface area contributed by atoms with E-state index in [1.54, 1.807) is 10.9 Å². The molecule has 1 fully saturated rings. The first-order valence-corrected chi connectivity index (χ1v) is 8.40. The number of hydrogen-bond donors (Lipinski definition) is 2. The average molecular weight is 344 g/mol. The molecule has 0 saturated carbocycles. The third kappa shape index (κ3) is 4.37. The first kappa shape index (κ1) is 17.4. The van der Waals surface area contributed by atoms with E-state index in [0.29, 0.717) is 18.9 Å². The summed E-state index contributed by atoms with van der Waals surface area (Å²) in [5.74, 6) is -0.774. The van der Waals surface area contributed by atoms with E-state index in [1.807, 2.05) is 45.2 Å². The van der Waals surface area contributed by atoms with Crippen LogP contribution < -0.4 is 10.6 Å². The number of rotatable bonds is 4. The monoisotopic (exact) mass is 344 g/mol. The van der Waals surface area contributed by atoms with Gasteiger partial charge in [-0.2, -0.15) is 5.10 Å². The van der Waals surface area contributed by atoms with Crippen molar-refractivity contribution in [3.63, 3.8) is 0 Å². The summed E-state index contributed by atoms with van der Waals surface area (Å²) < 4.78 is 13.0. The van der Waals surface area contributed by atoms with Crippen LogP contribution in [0, 0.1) is 13.8 Å². The Kier molecular flexibility index (Phi) is 5.06. The molecule has 0 spiro atoms. The highest BCUT2D eigenvalue weighted by atomic mass is 16.7. The van der Waals surface area contributed by atoms with Gasteiger partial charge in [0.1, 0.15) is 0 Å². The van der Waals surface area contributed by atoms with Crippen LogP contribution in [0.25, 0.3) is 5.69 Å². The number of carbonyl (C=O) groups excluding carboxylic acids is 1. The minimum absolute atomic E-state index is 0.279. The van der Waals surface area contributed by atoms with E-state index in [-0.39, 0.29) is 12.6 Å². The molecule has 0 atom stereocenters. The summed E-state index contributed by atoms with van der Waals surface area (Å²) in [5.41, 5.74) is 3.60. The Morgan fingerprint density at radius 1 is 1.28 bits per heavy atom. The van der Waals surface area contributed by atoms with Crippen molar-refractivity contribution in [2.45, 2.75) is 33.0 Å². The number of urea groups is 1. The van der Waals surface area contributed by atoms with Crippen molar-refractivity contribution in [3.05, 3.63) is 41.7 Å². The van der Waals surface area contributed by atoms with Crippen LogP contribution in [0.1, 0.15) is 24.5 Å². The van der Waals surface area contributed by atoms with Crippen LogP contribution in [-0.4, -0.2) is 41.4 Å². The summed E-state index contributed by atoms with van der Waals surface area (Å²) in [5, 5.41) is 10.0. The third-order valence-electron chi connectivity index (χ3n) is 4.03. The molecule has 0 radical (unpaired) electrons. The highest BCUT2D eigenvalue weighted by Gasteiger charge is 2.29. The van der Waals surface area contributed by atoms with E-state index < -0.39 is 5.79 Å². The van der Waals surface area contributed by atoms with Crippen LogP contribution in [0.15, 0.2) is 30.6 Å². The van der Waals surface area contributed by atoms with Crippen molar-refractivity contribution in [1.82, 2.24) is 15.1 Å². The number of aromatic nitrogens is 2. The molecule has 0 bridgehead atoms. The molecule has 7 heteroatoms. The summed E-state index contributed by atoms with van der Waals surface area (Å²) >= 11 is 0. The van der Waals surface area contributed by atoms with Gasteiger partial charge in [-0.1, -0.05) is 6.07 Å². The molecule has 1 aromatic heterocycles. The summed E-state index contributed by atoms with van der Waals surface area (Å²) in [6.07, 6.45) is 4.57. The van der Waals surface area contributed by atoms with E-state index in [4.69, 9.17) is 9.47 Å². The van der Waals surface area contributed by atoms with Crippen molar-refractivity contribution in [1.29, 1.82) is 0 Å².